The molecule has 0 radical (unpaired) electrons. The van der Waals surface area contributed by atoms with Gasteiger partial charge >= 0.3 is 5.97 Å². The maximum absolute atomic E-state index is 12.0. The van der Waals surface area contributed by atoms with Crippen molar-refractivity contribution >= 4 is 41.1 Å². The molecular weight excluding hydrogens is 396 g/mol. The topological polar surface area (TPSA) is 102 Å². The average Bonchev–Trinajstić information content (AvgIpc) is 3.05. The molecule has 2 heterocycles. The molecule has 0 bridgehead atoms. The first-order chi connectivity index (χ1) is 14.0. The van der Waals surface area contributed by atoms with Crippen LogP contribution in [-0.4, -0.2) is 33.3 Å². The fourth-order valence-corrected chi connectivity index (χ4v) is 2.67. The lowest BCUT2D eigenvalue weighted by molar-refractivity contribution is -0.150. The van der Waals surface area contributed by atoms with Gasteiger partial charge in [0.1, 0.15) is 5.65 Å². The summed E-state index contributed by atoms with van der Waals surface area (Å²) in [5.41, 5.74) is 5.99. The highest BCUT2D eigenvalue weighted by Gasteiger charge is 2.17. The van der Waals surface area contributed by atoms with Gasteiger partial charge in [0.2, 0.25) is 0 Å². The van der Waals surface area contributed by atoms with Crippen molar-refractivity contribution < 1.29 is 19.1 Å². The average molecular weight is 413 g/mol. The molecule has 0 aliphatic rings. The lowest BCUT2D eigenvalue weighted by atomic mass is 10.2. The Labute approximate surface area is 171 Å². The van der Waals surface area contributed by atoms with E-state index in [2.05, 4.69) is 15.8 Å². The monoisotopic (exact) mass is 412 g/mol. The molecule has 2 aromatic heterocycles. The molecule has 0 saturated carbocycles. The number of aromatic nitrogens is 2. The Morgan fingerprint density at radius 1 is 1.10 bits per heavy atom. The van der Waals surface area contributed by atoms with Gasteiger partial charge in [-0.2, -0.15) is 0 Å². The molecule has 0 aliphatic carbocycles. The molecule has 2 amide bonds. The predicted octanol–water partition coefficient (Wildman–Crippen LogP) is 2.39. The number of carbonyl (C=O) groups excluding carboxylic acids is 3. The molecule has 0 unspecified atom stereocenters. The molecule has 3 aromatic rings. The Morgan fingerprint density at radius 2 is 1.83 bits per heavy atom. The minimum Gasteiger partial charge on any atom is -0.449 e. The normalized spacial score (nSPS) is 11.9. The van der Waals surface area contributed by atoms with E-state index in [0.29, 0.717) is 16.9 Å². The number of hydrogen-bond acceptors (Lipinski definition) is 5. The Balaban J connectivity index is 1.54. The van der Waals surface area contributed by atoms with Crippen molar-refractivity contribution in [1.82, 2.24) is 20.2 Å². The van der Waals surface area contributed by atoms with Crippen molar-refractivity contribution in [3.05, 3.63) is 77.2 Å². The minimum absolute atomic E-state index is 0.231. The summed E-state index contributed by atoms with van der Waals surface area (Å²) in [6.07, 6.45) is 3.23. The Bertz CT molecular complexity index is 1080. The van der Waals surface area contributed by atoms with E-state index in [1.54, 1.807) is 53.1 Å². The third kappa shape index (κ3) is 4.99. The van der Waals surface area contributed by atoms with Gasteiger partial charge in [-0.25, -0.2) is 9.78 Å². The van der Waals surface area contributed by atoms with E-state index in [-0.39, 0.29) is 5.15 Å². The van der Waals surface area contributed by atoms with Crippen LogP contribution >= 0.6 is 11.6 Å². The van der Waals surface area contributed by atoms with Gasteiger partial charge in [0.15, 0.2) is 11.3 Å². The van der Waals surface area contributed by atoms with Crippen molar-refractivity contribution in [3.63, 3.8) is 0 Å². The summed E-state index contributed by atoms with van der Waals surface area (Å²) in [4.78, 5) is 40.1. The van der Waals surface area contributed by atoms with Crippen molar-refractivity contribution in [3.8, 4) is 0 Å². The number of nitrogens with zero attached hydrogens (tertiary/aromatic N) is 2. The molecule has 0 fully saturated rings. The lowest BCUT2D eigenvalue weighted by Gasteiger charge is -2.13. The van der Waals surface area contributed by atoms with Crippen LogP contribution in [0.4, 0.5) is 0 Å². The molecular formula is C20H17ClN4O4. The Hall–Kier alpha value is -3.65. The smallest absolute Gasteiger partial charge is 0.331 e. The third-order valence-corrected chi connectivity index (χ3v) is 4.17. The van der Waals surface area contributed by atoms with Crippen molar-refractivity contribution in [2.24, 2.45) is 0 Å². The molecule has 0 spiro atoms. The maximum atomic E-state index is 12.0. The molecule has 0 aliphatic heterocycles. The number of rotatable bonds is 5. The Kier molecular flexibility index (Phi) is 6.25. The third-order valence-electron chi connectivity index (χ3n) is 3.90. The fraction of sp³-hybridized carbons (Fsp3) is 0.100. The first-order valence-electron chi connectivity index (χ1n) is 8.62. The van der Waals surface area contributed by atoms with Gasteiger partial charge in [-0.05, 0) is 37.3 Å². The molecule has 29 heavy (non-hydrogen) atoms. The highest BCUT2D eigenvalue weighted by atomic mass is 35.5. The van der Waals surface area contributed by atoms with Crippen molar-refractivity contribution in [2.75, 3.05) is 0 Å². The number of ether oxygens (including phenoxy) is 1. The summed E-state index contributed by atoms with van der Waals surface area (Å²) in [6, 6.07) is 13.8. The van der Waals surface area contributed by atoms with Crippen LogP contribution in [0.25, 0.3) is 11.7 Å². The number of carbonyl (C=O) groups is 3. The number of amides is 2. The quantitative estimate of drug-likeness (QED) is 0.380. The van der Waals surface area contributed by atoms with E-state index in [0.717, 1.165) is 6.08 Å². The minimum atomic E-state index is -1.12. The number of esters is 1. The molecule has 9 heteroatoms. The predicted molar refractivity (Wildman–Crippen MR) is 107 cm³/mol. The number of halogens is 1. The van der Waals surface area contributed by atoms with E-state index in [4.69, 9.17) is 16.3 Å². The van der Waals surface area contributed by atoms with Gasteiger partial charge in [0.25, 0.3) is 11.8 Å². The highest BCUT2D eigenvalue weighted by Crippen LogP contribution is 2.18. The fourth-order valence-electron chi connectivity index (χ4n) is 2.43. The van der Waals surface area contributed by atoms with E-state index < -0.39 is 23.9 Å². The second-order valence-corrected chi connectivity index (χ2v) is 6.30. The Morgan fingerprint density at radius 3 is 2.59 bits per heavy atom. The number of hydrogen-bond donors (Lipinski definition) is 2. The zero-order chi connectivity index (χ0) is 20.8. The highest BCUT2D eigenvalue weighted by molar-refractivity contribution is 6.31. The SMILES string of the molecule is C[C@H](OC(=O)/C=C/c1c(Cl)nc2ccccn12)C(=O)NNC(=O)c1ccccc1. The first kappa shape index (κ1) is 20.1. The van der Waals surface area contributed by atoms with Crippen LogP contribution in [0.5, 0.6) is 0 Å². The van der Waals surface area contributed by atoms with Crippen LogP contribution in [0.2, 0.25) is 5.15 Å². The summed E-state index contributed by atoms with van der Waals surface area (Å²) < 4.78 is 6.75. The van der Waals surface area contributed by atoms with Crippen molar-refractivity contribution in [2.45, 2.75) is 13.0 Å². The number of nitrogens with one attached hydrogen (secondary N) is 2. The molecule has 8 nitrogen and oxygen atoms in total. The number of fused-ring (bicyclic) bond motifs is 1. The summed E-state index contributed by atoms with van der Waals surface area (Å²) >= 11 is 6.09. The van der Waals surface area contributed by atoms with Crippen LogP contribution in [0.15, 0.2) is 60.8 Å². The van der Waals surface area contributed by atoms with Crippen LogP contribution in [0, 0.1) is 0 Å². The number of pyridine rings is 1. The van der Waals surface area contributed by atoms with Crippen LogP contribution in [-0.2, 0) is 14.3 Å². The summed E-state index contributed by atoms with van der Waals surface area (Å²) in [7, 11) is 0. The molecule has 2 N–H and O–H groups in total. The van der Waals surface area contributed by atoms with E-state index in [1.165, 1.54) is 13.0 Å². The van der Waals surface area contributed by atoms with Gasteiger partial charge in [0.05, 0.1) is 5.69 Å². The van der Waals surface area contributed by atoms with Crippen LogP contribution in [0.1, 0.15) is 23.0 Å². The molecule has 3 rings (SSSR count). The number of hydrazine groups is 1. The zero-order valence-corrected chi connectivity index (χ0v) is 16.1. The van der Waals surface area contributed by atoms with Gasteiger partial charge in [-0.15, -0.1) is 0 Å². The molecule has 1 atom stereocenters. The van der Waals surface area contributed by atoms with Crippen molar-refractivity contribution in [1.29, 1.82) is 0 Å². The van der Waals surface area contributed by atoms with Gasteiger partial charge in [0, 0.05) is 17.8 Å². The molecule has 0 saturated heterocycles. The lowest BCUT2D eigenvalue weighted by Crippen LogP contribution is -2.46. The number of imidazole rings is 1. The standard InChI is InChI=1S/C20H17ClN4O4/c1-13(19(27)23-24-20(28)14-7-3-2-4-8-14)29-17(26)11-10-15-18(21)22-16-9-5-6-12-25(15)16/h2-13H,1H3,(H,23,27)(H,24,28)/b11-10+/t13-/m0/s1. The van der Waals surface area contributed by atoms with E-state index in [1.807, 2.05) is 6.07 Å². The van der Waals surface area contributed by atoms with Gasteiger partial charge in [-0.3, -0.25) is 24.8 Å². The second-order valence-electron chi connectivity index (χ2n) is 5.94. The van der Waals surface area contributed by atoms with Crippen LogP contribution < -0.4 is 10.9 Å². The van der Waals surface area contributed by atoms with Crippen LogP contribution in [0.3, 0.4) is 0 Å². The largest absolute Gasteiger partial charge is 0.449 e. The van der Waals surface area contributed by atoms with Gasteiger partial charge in [-0.1, -0.05) is 35.9 Å². The van der Waals surface area contributed by atoms with E-state index in [9.17, 15) is 14.4 Å². The molecule has 148 valence electrons. The zero-order valence-electron chi connectivity index (χ0n) is 15.3. The summed E-state index contributed by atoms with van der Waals surface area (Å²) in [5.74, 6) is -1.91. The summed E-state index contributed by atoms with van der Waals surface area (Å²) in [6.45, 7) is 1.39. The first-order valence-corrected chi connectivity index (χ1v) is 9.00. The second kappa shape index (κ2) is 9.03. The van der Waals surface area contributed by atoms with E-state index >= 15 is 0 Å². The maximum Gasteiger partial charge on any atom is 0.331 e. The molecule has 1 aromatic carbocycles. The number of benzene rings is 1. The van der Waals surface area contributed by atoms with Gasteiger partial charge < -0.3 is 4.74 Å². The summed E-state index contributed by atoms with van der Waals surface area (Å²) in [5, 5.41) is 0.231.